The van der Waals surface area contributed by atoms with Gasteiger partial charge in [-0.05, 0) is 115 Å². The normalized spacial score (nSPS) is 19.4. The predicted molar refractivity (Wildman–Crippen MR) is 206 cm³/mol. The van der Waals surface area contributed by atoms with E-state index in [1.165, 1.54) is 23.1 Å². The highest BCUT2D eigenvalue weighted by Crippen LogP contribution is 2.39. The second-order valence-corrected chi connectivity index (χ2v) is 15.8. The molecule has 11 heteroatoms. The highest BCUT2D eigenvalue weighted by Gasteiger charge is 2.43. The molecule has 1 saturated heterocycles. The van der Waals surface area contributed by atoms with Gasteiger partial charge in [0.25, 0.3) is 0 Å². The summed E-state index contributed by atoms with van der Waals surface area (Å²) in [5.74, 6) is -0.0445. The van der Waals surface area contributed by atoms with Crippen molar-refractivity contribution in [3.05, 3.63) is 116 Å². The minimum atomic E-state index is -0.714. The van der Waals surface area contributed by atoms with Crippen LogP contribution in [-0.4, -0.2) is 86.1 Å². The van der Waals surface area contributed by atoms with Gasteiger partial charge >= 0.3 is 6.09 Å². The van der Waals surface area contributed by atoms with Gasteiger partial charge in [-0.15, -0.1) is 0 Å². The number of nitrogens with zero attached hydrogens (tertiary/aromatic N) is 6. The van der Waals surface area contributed by atoms with Crippen molar-refractivity contribution in [1.82, 2.24) is 29.2 Å². The molecule has 0 radical (unpaired) electrons. The Balaban J connectivity index is 1.20. The van der Waals surface area contributed by atoms with Crippen LogP contribution in [0.3, 0.4) is 0 Å². The van der Waals surface area contributed by atoms with Crippen molar-refractivity contribution in [2.75, 3.05) is 32.7 Å². The van der Waals surface area contributed by atoms with Crippen LogP contribution >= 0.6 is 27.5 Å². The fourth-order valence-corrected chi connectivity index (χ4v) is 8.71. The molecule has 52 heavy (non-hydrogen) atoms. The number of halogens is 2. The molecule has 2 amide bonds. The highest BCUT2D eigenvalue weighted by molar-refractivity contribution is 9.10. The Bertz CT molecular complexity index is 1790. The third-order valence-electron chi connectivity index (χ3n) is 10.8. The summed E-state index contributed by atoms with van der Waals surface area (Å²) in [6.07, 6.45) is 13.5. The lowest BCUT2D eigenvalue weighted by molar-refractivity contribution is -0.139. The van der Waals surface area contributed by atoms with E-state index in [0.717, 1.165) is 79.3 Å². The van der Waals surface area contributed by atoms with E-state index in [1.54, 1.807) is 4.90 Å². The Morgan fingerprint density at radius 2 is 1.79 bits per heavy atom. The molecular weight excluding hydrogens is 740 g/mol. The number of aromatic nitrogens is 3. The van der Waals surface area contributed by atoms with Crippen LogP contribution < -0.4 is 0 Å². The average molecular weight is 788 g/mol. The fourth-order valence-electron chi connectivity index (χ4n) is 8.13. The summed E-state index contributed by atoms with van der Waals surface area (Å²) in [7, 11) is 0. The summed E-state index contributed by atoms with van der Waals surface area (Å²) in [6.45, 7) is 5.18. The van der Waals surface area contributed by atoms with Crippen LogP contribution in [0.5, 0.6) is 0 Å². The van der Waals surface area contributed by atoms with Gasteiger partial charge in [0.15, 0.2) is 0 Å². The van der Waals surface area contributed by atoms with E-state index in [9.17, 15) is 4.79 Å². The smallest absolute Gasteiger partial charge is 0.410 e. The summed E-state index contributed by atoms with van der Waals surface area (Å²) in [4.78, 5) is 44.5. The number of imidazole rings is 1. The molecule has 0 unspecified atom stereocenters. The number of carbonyl (C=O) groups excluding carboxylic acids is 2. The molecule has 4 aromatic rings. The SMILES string of the molecule is Cc1cn(CCCN(CCc2ccccc2)C(=O)[C@H]2CN([C@H]3c4ccc(Cl)cc4CCc4cc(Br)cnc43)CCN2C(=O)OC2CCCCC2)cn1. The zero-order valence-electron chi connectivity index (χ0n) is 29.9. The molecule has 2 atom stereocenters. The number of pyridine rings is 1. The Hall–Kier alpha value is -3.73. The standard InChI is InChI=1S/C41H48BrClN6O3/c1-29-26-46(28-45-29)18-8-19-47(20-17-30-9-4-2-5-10-30)40(50)37-27-48(21-22-49(37)41(51)52-35-11-6-3-7-12-35)39-36-16-15-34(43)24-31(36)13-14-32-23-33(42)25-44-38(32)39/h2,4-5,9-10,15-16,23-26,28,35,37,39H,3,6-8,11-14,17-22,27H2,1H3/t37-,39+/m1/s1. The van der Waals surface area contributed by atoms with Gasteiger partial charge in [-0.3, -0.25) is 19.6 Å². The molecule has 9 nitrogen and oxygen atoms in total. The van der Waals surface area contributed by atoms with Gasteiger partial charge < -0.3 is 14.2 Å². The molecular formula is C41H48BrClN6O3. The van der Waals surface area contributed by atoms with Crippen molar-refractivity contribution in [1.29, 1.82) is 0 Å². The van der Waals surface area contributed by atoms with Crippen LogP contribution in [0.25, 0.3) is 0 Å². The van der Waals surface area contributed by atoms with Gasteiger partial charge in [0, 0.05) is 61.2 Å². The number of aryl methyl sites for hydroxylation is 4. The van der Waals surface area contributed by atoms with Crippen molar-refractivity contribution in [3.8, 4) is 0 Å². The number of benzene rings is 2. The van der Waals surface area contributed by atoms with Crippen molar-refractivity contribution in [3.63, 3.8) is 0 Å². The minimum Gasteiger partial charge on any atom is -0.446 e. The van der Waals surface area contributed by atoms with E-state index in [2.05, 4.69) is 60.7 Å². The molecule has 2 aromatic carbocycles. The van der Waals surface area contributed by atoms with E-state index in [1.807, 2.05) is 54.8 Å². The quantitative estimate of drug-likeness (QED) is 0.163. The van der Waals surface area contributed by atoms with Gasteiger partial charge in [0.2, 0.25) is 5.91 Å². The first-order chi connectivity index (χ1) is 25.3. The summed E-state index contributed by atoms with van der Waals surface area (Å²) >= 11 is 10.2. The summed E-state index contributed by atoms with van der Waals surface area (Å²) in [5.41, 5.74) is 6.65. The van der Waals surface area contributed by atoms with Crippen LogP contribution in [-0.2, 0) is 35.3 Å². The molecule has 3 aliphatic rings. The number of ether oxygens (including phenoxy) is 1. The zero-order chi connectivity index (χ0) is 36.0. The number of fused-ring (bicyclic) bond motifs is 2. The maximum Gasteiger partial charge on any atom is 0.410 e. The minimum absolute atomic E-state index is 0.0445. The molecule has 2 aliphatic carbocycles. The summed E-state index contributed by atoms with van der Waals surface area (Å²) < 4.78 is 9.17. The van der Waals surface area contributed by atoms with E-state index >= 15 is 4.79 Å². The molecule has 3 heterocycles. The average Bonchev–Trinajstić information content (AvgIpc) is 3.51. The molecule has 7 rings (SSSR count). The van der Waals surface area contributed by atoms with Crippen molar-refractivity contribution < 1.29 is 14.3 Å². The Morgan fingerprint density at radius 3 is 2.58 bits per heavy atom. The maximum atomic E-state index is 15.0. The monoisotopic (exact) mass is 786 g/mol. The number of piperazine rings is 1. The number of hydrogen-bond donors (Lipinski definition) is 0. The zero-order valence-corrected chi connectivity index (χ0v) is 32.3. The van der Waals surface area contributed by atoms with Gasteiger partial charge in [0.05, 0.1) is 23.8 Å². The van der Waals surface area contributed by atoms with Crippen LogP contribution in [0.15, 0.2) is 77.8 Å². The number of rotatable bonds is 10. The van der Waals surface area contributed by atoms with Crippen LogP contribution in [0, 0.1) is 6.92 Å². The topological polar surface area (TPSA) is 83.8 Å². The first-order valence-corrected chi connectivity index (χ1v) is 19.9. The maximum absolute atomic E-state index is 15.0. The first-order valence-electron chi connectivity index (χ1n) is 18.8. The van der Waals surface area contributed by atoms with Gasteiger partial charge in [0.1, 0.15) is 12.1 Å². The van der Waals surface area contributed by atoms with Crippen LogP contribution in [0.1, 0.15) is 78.2 Å². The van der Waals surface area contributed by atoms with E-state index in [0.29, 0.717) is 37.7 Å². The molecule has 0 bridgehead atoms. The third kappa shape index (κ3) is 8.72. The number of amides is 2. The summed E-state index contributed by atoms with van der Waals surface area (Å²) in [6, 6.07) is 17.7. The van der Waals surface area contributed by atoms with Gasteiger partial charge in [-0.1, -0.05) is 54.4 Å². The lowest BCUT2D eigenvalue weighted by Gasteiger charge is -2.45. The van der Waals surface area contributed by atoms with Crippen molar-refractivity contribution in [2.45, 2.75) is 89.4 Å². The predicted octanol–water partition coefficient (Wildman–Crippen LogP) is 7.81. The molecule has 0 spiro atoms. The fraction of sp³-hybridized carbons (Fsp3) is 0.463. The lowest BCUT2D eigenvalue weighted by Crippen LogP contribution is -2.62. The highest BCUT2D eigenvalue weighted by atomic mass is 79.9. The number of carbonyl (C=O) groups is 2. The van der Waals surface area contributed by atoms with E-state index in [4.69, 9.17) is 21.3 Å². The van der Waals surface area contributed by atoms with Crippen LogP contribution in [0.2, 0.25) is 5.02 Å². The molecule has 274 valence electrons. The third-order valence-corrected chi connectivity index (χ3v) is 11.5. The van der Waals surface area contributed by atoms with Crippen molar-refractivity contribution in [2.24, 2.45) is 0 Å². The molecule has 0 N–H and O–H groups in total. The Kier molecular flexibility index (Phi) is 11.9. The molecule has 1 saturated carbocycles. The molecule has 2 fully saturated rings. The van der Waals surface area contributed by atoms with Crippen molar-refractivity contribution >= 4 is 39.5 Å². The first kappa shape index (κ1) is 36.6. The van der Waals surface area contributed by atoms with Gasteiger partial charge in [-0.2, -0.15) is 0 Å². The Labute approximate surface area is 320 Å². The Morgan fingerprint density at radius 1 is 0.981 bits per heavy atom. The molecule has 1 aliphatic heterocycles. The number of hydrogen-bond acceptors (Lipinski definition) is 6. The largest absolute Gasteiger partial charge is 0.446 e. The van der Waals surface area contributed by atoms with E-state index in [-0.39, 0.29) is 24.1 Å². The van der Waals surface area contributed by atoms with Gasteiger partial charge in [-0.25, -0.2) is 9.78 Å². The second-order valence-electron chi connectivity index (χ2n) is 14.5. The van der Waals surface area contributed by atoms with Crippen LogP contribution in [0.4, 0.5) is 4.79 Å². The summed E-state index contributed by atoms with van der Waals surface area (Å²) in [5, 5.41) is 0.709. The molecule has 2 aromatic heterocycles. The van der Waals surface area contributed by atoms with E-state index < -0.39 is 6.04 Å². The second kappa shape index (κ2) is 16.9. The lowest BCUT2D eigenvalue weighted by atomic mass is 9.95.